The highest BCUT2D eigenvalue weighted by atomic mass is 16.5. The van der Waals surface area contributed by atoms with E-state index < -0.39 is 12.0 Å². The van der Waals surface area contributed by atoms with Gasteiger partial charge >= 0.3 is 5.97 Å². The fraction of sp³-hybridized carbons (Fsp3) is 0.500. The average Bonchev–Trinajstić information content (AvgIpc) is 2.28. The predicted octanol–water partition coefficient (Wildman–Crippen LogP) is 1.33. The molecule has 0 spiro atoms. The Labute approximate surface area is 114 Å². The van der Waals surface area contributed by atoms with Crippen LogP contribution in [0, 0.1) is 13.8 Å². The van der Waals surface area contributed by atoms with E-state index >= 15 is 0 Å². The van der Waals surface area contributed by atoms with E-state index in [0.29, 0.717) is 0 Å². The van der Waals surface area contributed by atoms with Crippen molar-refractivity contribution in [3.05, 3.63) is 28.8 Å². The molecule has 0 aliphatic rings. The molecule has 0 aliphatic heterocycles. The zero-order valence-corrected chi connectivity index (χ0v) is 12.1. The maximum Gasteiger partial charge on any atom is 0.322 e. The number of nitrogens with zero attached hydrogens (tertiary/aromatic N) is 1. The fourth-order valence-electron chi connectivity index (χ4n) is 2.44. The van der Waals surface area contributed by atoms with Crippen LogP contribution in [0.2, 0.25) is 0 Å². The molecule has 0 saturated heterocycles. The Morgan fingerprint density at radius 1 is 1.32 bits per heavy atom. The van der Waals surface area contributed by atoms with Crippen LogP contribution in [-0.4, -0.2) is 43.2 Å². The number of nitrogens with two attached hydrogens (primary N) is 1. The van der Waals surface area contributed by atoms with Crippen molar-refractivity contribution in [3.8, 4) is 5.75 Å². The number of carboxylic acid groups (broad SMARTS) is 1. The van der Waals surface area contributed by atoms with Crippen molar-refractivity contribution >= 4 is 5.97 Å². The lowest BCUT2D eigenvalue weighted by atomic mass is 9.95. The summed E-state index contributed by atoms with van der Waals surface area (Å²) in [5, 5.41) is 9.13. The van der Waals surface area contributed by atoms with Crippen molar-refractivity contribution in [1.82, 2.24) is 4.90 Å². The summed E-state index contributed by atoms with van der Waals surface area (Å²) in [6.07, 6.45) is 0. The first-order chi connectivity index (χ1) is 8.79. The van der Waals surface area contributed by atoms with Crippen LogP contribution in [0.4, 0.5) is 0 Å². The van der Waals surface area contributed by atoms with Gasteiger partial charge in [-0.15, -0.1) is 0 Å². The van der Waals surface area contributed by atoms with Crippen LogP contribution in [0.25, 0.3) is 0 Å². The Balaban J connectivity index is 3.28. The first kappa shape index (κ1) is 15.5. The average molecular weight is 266 g/mol. The lowest BCUT2D eigenvalue weighted by Gasteiger charge is -2.29. The second-order valence-corrected chi connectivity index (χ2v) is 4.96. The number of methoxy groups -OCH3 is 1. The summed E-state index contributed by atoms with van der Waals surface area (Å²) in [5.74, 6) is -0.185. The molecule has 2 atom stereocenters. The van der Waals surface area contributed by atoms with Gasteiger partial charge in [-0.05, 0) is 44.6 Å². The van der Waals surface area contributed by atoms with Gasteiger partial charge in [0.2, 0.25) is 0 Å². The monoisotopic (exact) mass is 266 g/mol. The number of ether oxygens (including phenoxy) is 1. The van der Waals surface area contributed by atoms with Gasteiger partial charge in [-0.3, -0.25) is 4.79 Å². The molecular weight excluding hydrogens is 244 g/mol. The second kappa shape index (κ2) is 6.04. The van der Waals surface area contributed by atoms with Crippen LogP contribution in [0.1, 0.15) is 22.7 Å². The van der Waals surface area contributed by atoms with Crippen molar-refractivity contribution in [1.29, 1.82) is 0 Å². The summed E-state index contributed by atoms with van der Waals surface area (Å²) in [4.78, 5) is 13.0. The molecule has 5 nitrogen and oxygen atoms in total. The number of hydrogen-bond acceptors (Lipinski definition) is 4. The van der Waals surface area contributed by atoms with E-state index in [1.807, 2.05) is 45.0 Å². The number of aliphatic carboxylic acids is 1. The number of hydrogen-bond donors (Lipinski definition) is 2. The minimum atomic E-state index is -1.01. The molecule has 0 radical (unpaired) electrons. The predicted molar refractivity (Wildman–Crippen MR) is 74.5 cm³/mol. The number of aryl methyl sites for hydroxylation is 2. The molecule has 0 aromatic heterocycles. The topological polar surface area (TPSA) is 75.8 Å². The summed E-state index contributed by atoms with van der Waals surface area (Å²) in [7, 11) is 5.27. The number of rotatable bonds is 5. The maximum atomic E-state index is 11.1. The third-order valence-electron chi connectivity index (χ3n) is 3.21. The van der Waals surface area contributed by atoms with Crippen molar-refractivity contribution in [2.75, 3.05) is 21.2 Å². The highest BCUT2D eigenvalue weighted by Gasteiger charge is 2.28. The Bertz CT molecular complexity index is 449. The van der Waals surface area contributed by atoms with Gasteiger partial charge in [-0.2, -0.15) is 0 Å². The maximum absolute atomic E-state index is 11.1. The van der Waals surface area contributed by atoms with Crippen LogP contribution in [0.3, 0.4) is 0 Å². The molecule has 3 N–H and O–H groups in total. The molecule has 0 aliphatic carbocycles. The summed E-state index contributed by atoms with van der Waals surface area (Å²) >= 11 is 0. The molecular formula is C14H22N2O3. The lowest BCUT2D eigenvalue weighted by Crippen LogP contribution is -2.43. The highest BCUT2D eigenvalue weighted by Crippen LogP contribution is 2.30. The fourth-order valence-corrected chi connectivity index (χ4v) is 2.44. The Morgan fingerprint density at radius 3 is 2.11 bits per heavy atom. The van der Waals surface area contributed by atoms with Crippen LogP contribution in [0.15, 0.2) is 12.1 Å². The lowest BCUT2D eigenvalue weighted by molar-refractivity contribution is -0.140. The number of carbonyl (C=O) groups is 1. The molecule has 0 bridgehead atoms. The molecule has 0 saturated carbocycles. The van der Waals surface area contributed by atoms with E-state index in [0.717, 1.165) is 22.4 Å². The van der Waals surface area contributed by atoms with Gasteiger partial charge in [0.05, 0.1) is 13.2 Å². The minimum Gasteiger partial charge on any atom is -0.496 e. The van der Waals surface area contributed by atoms with Crippen molar-refractivity contribution in [2.24, 2.45) is 5.73 Å². The first-order valence-corrected chi connectivity index (χ1v) is 6.09. The molecule has 0 heterocycles. The van der Waals surface area contributed by atoms with E-state index in [1.54, 1.807) is 7.11 Å². The van der Waals surface area contributed by atoms with E-state index in [-0.39, 0.29) is 6.04 Å². The largest absolute Gasteiger partial charge is 0.496 e. The zero-order valence-electron chi connectivity index (χ0n) is 12.1. The summed E-state index contributed by atoms with van der Waals surface area (Å²) in [6.45, 7) is 3.88. The molecule has 5 heteroatoms. The number of carboxylic acids is 1. The molecule has 2 unspecified atom stereocenters. The SMILES string of the molecule is COc1c(C)cc(C(C(N)C(=O)O)N(C)C)cc1C. The van der Waals surface area contributed by atoms with Gasteiger partial charge in [0.1, 0.15) is 11.8 Å². The van der Waals surface area contributed by atoms with Crippen LogP contribution in [0.5, 0.6) is 5.75 Å². The van der Waals surface area contributed by atoms with Gasteiger partial charge < -0.3 is 20.5 Å². The van der Waals surface area contributed by atoms with Crippen LogP contribution < -0.4 is 10.5 Å². The summed E-state index contributed by atoms with van der Waals surface area (Å²) in [5.41, 5.74) is 8.62. The van der Waals surface area contributed by atoms with E-state index in [9.17, 15) is 4.79 Å². The number of benzene rings is 1. The molecule has 0 fully saturated rings. The van der Waals surface area contributed by atoms with Gasteiger partial charge in [-0.1, -0.05) is 12.1 Å². The van der Waals surface area contributed by atoms with Gasteiger partial charge in [0, 0.05) is 0 Å². The standard InChI is InChI=1S/C14H22N2O3/c1-8-6-10(7-9(2)13(8)19-5)12(16(3)4)11(15)14(17)18/h6-7,11-12H,15H2,1-5H3,(H,17,18). The molecule has 1 aromatic rings. The van der Waals surface area contributed by atoms with E-state index in [4.69, 9.17) is 15.6 Å². The van der Waals surface area contributed by atoms with Crippen LogP contribution in [-0.2, 0) is 4.79 Å². The zero-order chi connectivity index (χ0) is 14.7. The highest BCUT2D eigenvalue weighted by molar-refractivity contribution is 5.74. The van der Waals surface area contributed by atoms with Gasteiger partial charge in [-0.25, -0.2) is 0 Å². The molecule has 19 heavy (non-hydrogen) atoms. The van der Waals surface area contributed by atoms with E-state index in [2.05, 4.69) is 0 Å². The smallest absolute Gasteiger partial charge is 0.322 e. The molecule has 0 amide bonds. The third kappa shape index (κ3) is 3.24. The molecule has 1 aromatic carbocycles. The first-order valence-electron chi connectivity index (χ1n) is 6.09. The van der Waals surface area contributed by atoms with Crippen molar-refractivity contribution in [2.45, 2.75) is 25.9 Å². The normalized spacial score (nSPS) is 14.3. The van der Waals surface area contributed by atoms with Crippen LogP contribution >= 0.6 is 0 Å². The Hall–Kier alpha value is -1.59. The quantitative estimate of drug-likeness (QED) is 0.840. The van der Waals surface area contributed by atoms with Crippen molar-refractivity contribution < 1.29 is 14.6 Å². The van der Waals surface area contributed by atoms with Gasteiger partial charge in [0.25, 0.3) is 0 Å². The minimum absolute atomic E-state index is 0.374. The second-order valence-electron chi connectivity index (χ2n) is 4.96. The number of likely N-dealkylation sites (N-methyl/N-ethyl adjacent to an activating group) is 1. The van der Waals surface area contributed by atoms with E-state index in [1.165, 1.54) is 0 Å². The van der Waals surface area contributed by atoms with Crippen molar-refractivity contribution in [3.63, 3.8) is 0 Å². The Morgan fingerprint density at radius 2 is 1.79 bits per heavy atom. The van der Waals surface area contributed by atoms with Gasteiger partial charge in [0.15, 0.2) is 0 Å². The summed E-state index contributed by atoms with van der Waals surface area (Å²) < 4.78 is 5.32. The Kier molecular flexibility index (Phi) is 4.91. The molecule has 106 valence electrons. The third-order valence-corrected chi connectivity index (χ3v) is 3.21. The molecule has 1 rings (SSSR count). The summed E-state index contributed by atoms with van der Waals surface area (Å²) in [6, 6.07) is 2.52.